The Balaban J connectivity index is 1.96. The molecule has 0 radical (unpaired) electrons. The zero-order chi connectivity index (χ0) is 15.8. The number of rotatable bonds is 2. The van der Waals surface area contributed by atoms with Crippen LogP contribution in [0.15, 0.2) is 60.7 Å². The quantitative estimate of drug-likeness (QED) is 0.559. The molecule has 0 atom stereocenters. The molecule has 2 aromatic carbocycles. The highest BCUT2D eigenvalue weighted by molar-refractivity contribution is 7.71. The summed E-state index contributed by atoms with van der Waals surface area (Å²) in [6.07, 6.45) is 0. The molecule has 1 aliphatic rings. The highest BCUT2D eigenvalue weighted by atomic mass is 31.1. The van der Waals surface area contributed by atoms with Crippen molar-refractivity contribution >= 4 is 35.4 Å². The summed E-state index contributed by atoms with van der Waals surface area (Å²) in [6, 6.07) is 22.4. The molecule has 0 spiro atoms. The van der Waals surface area contributed by atoms with Crippen molar-refractivity contribution in [1.29, 1.82) is 0 Å². The standard InChI is InChI=1S/C18H26NPSi2/c1-21(2)15-20(18-13-9-6-10-14-18)16-22(3,4)19(21)17-11-7-5-8-12-17/h5-14H,15-16H2,1-4H3. The molecule has 1 saturated heterocycles. The van der Waals surface area contributed by atoms with Crippen molar-refractivity contribution in [3.8, 4) is 0 Å². The molecule has 0 aliphatic carbocycles. The van der Waals surface area contributed by atoms with Crippen molar-refractivity contribution in [3.05, 3.63) is 60.7 Å². The van der Waals surface area contributed by atoms with Gasteiger partial charge in [-0.1, -0.05) is 82.6 Å². The summed E-state index contributed by atoms with van der Waals surface area (Å²) in [5.41, 5.74) is 1.47. The van der Waals surface area contributed by atoms with Crippen molar-refractivity contribution in [3.63, 3.8) is 0 Å². The van der Waals surface area contributed by atoms with Gasteiger partial charge in [0.15, 0.2) is 0 Å². The second kappa shape index (κ2) is 5.95. The Labute approximate surface area is 138 Å². The van der Waals surface area contributed by atoms with Gasteiger partial charge in [0.25, 0.3) is 0 Å². The van der Waals surface area contributed by atoms with Crippen LogP contribution in [0.4, 0.5) is 5.69 Å². The predicted octanol–water partition coefficient (Wildman–Crippen LogP) is 4.80. The lowest BCUT2D eigenvalue weighted by Crippen LogP contribution is -2.69. The molecular weight excluding hydrogens is 317 g/mol. The molecule has 116 valence electrons. The zero-order valence-electron chi connectivity index (χ0n) is 14.1. The largest absolute Gasteiger partial charge is 0.424 e. The Morgan fingerprint density at radius 2 is 1.18 bits per heavy atom. The maximum atomic E-state index is 2.92. The van der Waals surface area contributed by atoms with E-state index in [2.05, 4.69) is 91.1 Å². The number of anilines is 1. The number of para-hydroxylation sites is 1. The van der Waals surface area contributed by atoms with Crippen LogP contribution in [0.1, 0.15) is 0 Å². The molecule has 2 aromatic rings. The second-order valence-corrected chi connectivity index (χ2v) is 20.2. The SMILES string of the molecule is C[Si]1(C)CP(c2ccccc2)C[Si](C)(C)N1c1ccccc1. The van der Waals surface area contributed by atoms with Gasteiger partial charge in [0.05, 0.1) is 0 Å². The minimum atomic E-state index is -1.42. The highest BCUT2D eigenvalue weighted by Gasteiger charge is 2.48. The molecule has 1 nitrogen and oxygen atoms in total. The molecular formula is C18H26NPSi2. The van der Waals surface area contributed by atoms with Gasteiger partial charge in [0.2, 0.25) is 0 Å². The second-order valence-electron chi connectivity index (χ2n) is 7.49. The van der Waals surface area contributed by atoms with Gasteiger partial charge in [-0.3, -0.25) is 0 Å². The normalized spacial score (nSPS) is 20.8. The van der Waals surface area contributed by atoms with Crippen molar-refractivity contribution in [2.24, 2.45) is 0 Å². The topological polar surface area (TPSA) is 3.24 Å². The average molecular weight is 344 g/mol. The van der Waals surface area contributed by atoms with Crippen LogP contribution in [0.3, 0.4) is 0 Å². The molecule has 22 heavy (non-hydrogen) atoms. The van der Waals surface area contributed by atoms with E-state index < -0.39 is 16.5 Å². The first-order valence-corrected chi connectivity index (χ1v) is 16.1. The van der Waals surface area contributed by atoms with Crippen molar-refractivity contribution in [2.45, 2.75) is 26.2 Å². The summed E-state index contributed by atoms with van der Waals surface area (Å²) >= 11 is 0. The van der Waals surface area contributed by atoms with Crippen LogP contribution in [0.25, 0.3) is 0 Å². The molecule has 1 fully saturated rings. The third kappa shape index (κ3) is 3.08. The van der Waals surface area contributed by atoms with Crippen LogP contribution in [0.2, 0.25) is 26.2 Å². The van der Waals surface area contributed by atoms with E-state index in [-0.39, 0.29) is 7.92 Å². The van der Waals surface area contributed by atoms with E-state index in [0.717, 1.165) is 0 Å². The molecule has 4 heteroatoms. The van der Waals surface area contributed by atoms with Crippen LogP contribution in [0.5, 0.6) is 0 Å². The van der Waals surface area contributed by atoms with E-state index in [1.54, 1.807) is 5.30 Å². The third-order valence-corrected chi connectivity index (χ3v) is 21.3. The maximum absolute atomic E-state index is 2.92. The lowest BCUT2D eigenvalue weighted by molar-refractivity contribution is 1.31. The van der Waals surface area contributed by atoms with Crippen LogP contribution in [0, 0.1) is 0 Å². The molecule has 0 aromatic heterocycles. The minimum absolute atomic E-state index is 0.0220. The van der Waals surface area contributed by atoms with Gasteiger partial charge in [-0.15, -0.1) is 0 Å². The first-order chi connectivity index (χ1) is 10.4. The summed E-state index contributed by atoms with van der Waals surface area (Å²) in [5.74, 6) is 2.86. The number of hydrogen-bond donors (Lipinski definition) is 0. The highest BCUT2D eigenvalue weighted by Crippen LogP contribution is 2.48. The van der Waals surface area contributed by atoms with Gasteiger partial charge >= 0.3 is 0 Å². The fraction of sp³-hybridized carbons (Fsp3) is 0.333. The summed E-state index contributed by atoms with van der Waals surface area (Å²) in [4.78, 5) is 0. The molecule has 0 bridgehead atoms. The molecule has 1 aliphatic heterocycles. The van der Waals surface area contributed by atoms with E-state index in [9.17, 15) is 0 Å². The molecule has 0 unspecified atom stereocenters. The number of hydrogen-bond acceptors (Lipinski definition) is 1. The number of benzene rings is 2. The van der Waals surface area contributed by atoms with Gasteiger partial charge in [0, 0.05) is 5.69 Å². The Hall–Kier alpha value is -0.896. The monoisotopic (exact) mass is 343 g/mol. The van der Waals surface area contributed by atoms with Crippen LogP contribution in [-0.4, -0.2) is 28.0 Å². The Kier molecular flexibility index (Phi) is 4.32. The Morgan fingerprint density at radius 1 is 0.727 bits per heavy atom. The van der Waals surface area contributed by atoms with Gasteiger partial charge < -0.3 is 4.23 Å². The van der Waals surface area contributed by atoms with Gasteiger partial charge in [-0.05, 0) is 29.0 Å². The third-order valence-electron chi connectivity index (χ3n) is 4.50. The van der Waals surface area contributed by atoms with Gasteiger partial charge in [-0.25, -0.2) is 0 Å². The van der Waals surface area contributed by atoms with E-state index in [4.69, 9.17) is 0 Å². The fourth-order valence-electron chi connectivity index (χ4n) is 4.05. The molecule has 0 N–H and O–H groups in total. The summed E-state index contributed by atoms with van der Waals surface area (Å²) in [5, 5.41) is 1.62. The fourth-order valence-corrected chi connectivity index (χ4v) is 25.7. The first kappa shape index (κ1) is 16.0. The van der Waals surface area contributed by atoms with E-state index in [0.29, 0.717) is 0 Å². The molecule has 3 rings (SSSR count). The average Bonchev–Trinajstić information content (AvgIpc) is 2.47. The Morgan fingerprint density at radius 3 is 1.68 bits per heavy atom. The van der Waals surface area contributed by atoms with Crippen molar-refractivity contribution in [1.82, 2.24) is 0 Å². The van der Waals surface area contributed by atoms with Crippen molar-refractivity contribution < 1.29 is 0 Å². The summed E-state index contributed by atoms with van der Waals surface area (Å²) < 4.78 is 2.92. The summed E-state index contributed by atoms with van der Waals surface area (Å²) in [6.45, 7) is 10.3. The number of nitrogens with zero attached hydrogens (tertiary/aromatic N) is 1. The van der Waals surface area contributed by atoms with E-state index in [1.807, 2.05) is 0 Å². The lowest BCUT2D eigenvalue weighted by atomic mass is 10.3. The van der Waals surface area contributed by atoms with Crippen molar-refractivity contribution in [2.75, 3.05) is 15.8 Å². The summed E-state index contributed by atoms with van der Waals surface area (Å²) in [7, 11) is -2.81. The van der Waals surface area contributed by atoms with Crippen LogP contribution < -0.4 is 9.54 Å². The van der Waals surface area contributed by atoms with E-state index >= 15 is 0 Å². The molecule has 1 heterocycles. The smallest absolute Gasteiger partial charge is 0.146 e. The molecule has 0 saturated carbocycles. The predicted molar refractivity (Wildman–Crippen MR) is 107 cm³/mol. The Bertz CT molecular complexity index is 610. The molecule has 0 amide bonds. The maximum Gasteiger partial charge on any atom is 0.146 e. The lowest BCUT2D eigenvalue weighted by Gasteiger charge is -2.55. The van der Waals surface area contributed by atoms with E-state index in [1.165, 1.54) is 17.3 Å². The minimum Gasteiger partial charge on any atom is -0.424 e. The first-order valence-electron chi connectivity index (χ1n) is 8.06. The van der Waals surface area contributed by atoms with Gasteiger partial charge in [-0.2, -0.15) is 0 Å². The van der Waals surface area contributed by atoms with Gasteiger partial charge in [0.1, 0.15) is 16.5 Å². The van der Waals surface area contributed by atoms with Crippen LogP contribution >= 0.6 is 7.92 Å². The zero-order valence-corrected chi connectivity index (χ0v) is 17.0. The van der Waals surface area contributed by atoms with Crippen LogP contribution in [-0.2, 0) is 0 Å².